The second kappa shape index (κ2) is 9.07. The van der Waals surface area contributed by atoms with Crippen LogP contribution in [0.1, 0.15) is 41.2 Å². The van der Waals surface area contributed by atoms with Crippen molar-refractivity contribution in [3.63, 3.8) is 0 Å². The monoisotopic (exact) mass is 428 g/mol. The lowest BCUT2D eigenvalue weighted by Gasteiger charge is -2.12. The molecule has 4 aromatic heterocycles. The van der Waals surface area contributed by atoms with E-state index < -0.39 is 6.10 Å². The highest BCUT2D eigenvalue weighted by Crippen LogP contribution is 2.27. The Morgan fingerprint density at radius 1 is 1.06 bits per heavy atom. The summed E-state index contributed by atoms with van der Waals surface area (Å²) in [5.74, 6) is 0.386. The minimum absolute atomic E-state index is 0.232. The third-order valence-electron chi connectivity index (χ3n) is 5.27. The molecule has 4 aromatic rings. The maximum Gasteiger partial charge on any atom is 0.274 e. The van der Waals surface area contributed by atoms with E-state index in [1.807, 2.05) is 39.1 Å². The predicted molar refractivity (Wildman–Crippen MR) is 124 cm³/mol. The molecule has 0 aliphatic heterocycles. The van der Waals surface area contributed by atoms with Gasteiger partial charge >= 0.3 is 0 Å². The van der Waals surface area contributed by atoms with Crippen molar-refractivity contribution < 1.29 is 9.90 Å². The molecule has 4 rings (SSSR count). The minimum Gasteiger partial charge on any atom is -0.388 e. The Hall–Kier alpha value is -3.91. The lowest BCUT2D eigenvalue weighted by Crippen LogP contribution is -2.14. The number of pyridine rings is 4. The van der Waals surface area contributed by atoms with Crippen molar-refractivity contribution in [3.05, 3.63) is 72.1 Å². The van der Waals surface area contributed by atoms with Crippen LogP contribution >= 0.6 is 0 Å². The Morgan fingerprint density at radius 2 is 1.91 bits per heavy atom. The highest BCUT2D eigenvalue weighted by Gasteiger charge is 2.14. The van der Waals surface area contributed by atoms with Gasteiger partial charge in [-0.25, -0.2) is 4.98 Å². The smallest absolute Gasteiger partial charge is 0.274 e. The Bertz CT molecular complexity index is 1290. The molecule has 0 fully saturated rings. The van der Waals surface area contributed by atoms with Crippen LogP contribution in [0.2, 0.25) is 0 Å². The zero-order valence-corrected chi connectivity index (χ0v) is 18.1. The standard InChI is InChI=1S/C24H24N6O2/c1-4-22(31)15-5-6-26-21(8-15)24(32)30-18-9-19(14(2)27-13-18)16-7-17-12-29-23(25-3)10-20(17)28-11-16/h5-13,22,31H,4H2,1-3H3,(H,25,29)(H,30,32)/t22-/m0/s1. The van der Waals surface area contributed by atoms with E-state index in [0.717, 1.165) is 33.5 Å². The van der Waals surface area contributed by atoms with E-state index in [2.05, 4.69) is 30.6 Å². The summed E-state index contributed by atoms with van der Waals surface area (Å²) in [6.45, 7) is 3.78. The summed E-state index contributed by atoms with van der Waals surface area (Å²) in [5.41, 5.74) is 4.83. The van der Waals surface area contributed by atoms with Crippen LogP contribution in [0.3, 0.4) is 0 Å². The summed E-state index contributed by atoms with van der Waals surface area (Å²) in [6.07, 6.45) is 6.62. The fourth-order valence-corrected chi connectivity index (χ4v) is 3.41. The zero-order chi connectivity index (χ0) is 22.7. The molecule has 0 saturated carbocycles. The van der Waals surface area contributed by atoms with E-state index in [1.165, 1.54) is 6.20 Å². The van der Waals surface area contributed by atoms with Crippen molar-refractivity contribution in [3.8, 4) is 11.1 Å². The number of anilines is 2. The normalized spacial score (nSPS) is 11.9. The molecule has 8 heteroatoms. The third kappa shape index (κ3) is 4.40. The molecular formula is C24H24N6O2. The van der Waals surface area contributed by atoms with E-state index in [-0.39, 0.29) is 11.6 Å². The number of aliphatic hydroxyl groups excluding tert-OH is 1. The Balaban J connectivity index is 1.62. The predicted octanol–water partition coefficient (Wildman–Crippen LogP) is 4.13. The Labute approximate surface area is 185 Å². The van der Waals surface area contributed by atoms with Crippen molar-refractivity contribution in [2.45, 2.75) is 26.4 Å². The maximum atomic E-state index is 12.7. The van der Waals surface area contributed by atoms with Crippen LogP contribution in [-0.4, -0.2) is 38.0 Å². The molecule has 0 aliphatic rings. The average Bonchev–Trinajstić information content (AvgIpc) is 2.84. The number of carbonyl (C=O) groups is 1. The van der Waals surface area contributed by atoms with Gasteiger partial charge < -0.3 is 15.7 Å². The van der Waals surface area contributed by atoms with E-state index >= 15 is 0 Å². The lowest BCUT2D eigenvalue weighted by molar-refractivity contribution is 0.102. The van der Waals surface area contributed by atoms with Crippen molar-refractivity contribution in [2.75, 3.05) is 17.7 Å². The molecular weight excluding hydrogens is 404 g/mol. The van der Waals surface area contributed by atoms with Crippen molar-refractivity contribution in [1.29, 1.82) is 0 Å². The molecule has 162 valence electrons. The number of fused-ring (bicyclic) bond motifs is 1. The lowest BCUT2D eigenvalue weighted by atomic mass is 10.0. The van der Waals surface area contributed by atoms with Gasteiger partial charge in [0.2, 0.25) is 0 Å². The fourth-order valence-electron chi connectivity index (χ4n) is 3.41. The number of hydrogen-bond donors (Lipinski definition) is 3. The first-order valence-corrected chi connectivity index (χ1v) is 10.3. The third-order valence-corrected chi connectivity index (χ3v) is 5.27. The Kier molecular flexibility index (Phi) is 6.04. The number of rotatable bonds is 6. The van der Waals surface area contributed by atoms with Crippen LogP contribution in [-0.2, 0) is 0 Å². The quantitative estimate of drug-likeness (QED) is 0.423. The highest BCUT2D eigenvalue weighted by molar-refractivity contribution is 6.03. The van der Waals surface area contributed by atoms with Crippen LogP contribution in [0, 0.1) is 6.92 Å². The van der Waals surface area contributed by atoms with Gasteiger partial charge in [-0.15, -0.1) is 0 Å². The minimum atomic E-state index is -0.628. The molecule has 0 unspecified atom stereocenters. The molecule has 0 radical (unpaired) electrons. The summed E-state index contributed by atoms with van der Waals surface area (Å²) in [6, 6.07) is 9.06. The molecule has 1 atom stereocenters. The molecule has 0 saturated heterocycles. The van der Waals surface area contributed by atoms with E-state index in [1.54, 1.807) is 30.7 Å². The molecule has 0 aromatic carbocycles. The Morgan fingerprint density at radius 3 is 2.69 bits per heavy atom. The molecule has 3 N–H and O–H groups in total. The zero-order valence-electron chi connectivity index (χ0n) is 18.1. The first-order chi connectivity index (χ1) is 15.5. The van der Waals surface area contributed by atoms with Crippen LogP contribution in [0.25, 0.3) is 22.0 Å². The van der Waals surface area contributed by atoms with Crippen molar-refractivity contribution in [1.82, 2.24) is 19.9 Å². The number of hydrogen-bond acceptors (Lipinski definition) is 7. The van der Waals surface area contributed by atoms with E-state index in [9.17, 15) is 9.90 Å². The summed E-state index contributed by atoms with van der Waals surface area (Å²) in [5, 5.41) is 16.8. The summed E-state index contributed by atoms with van der Waals surface area (Å²) in [7, 11) is 1.81. The van der Waals surface area contributed by atoms with Gasteiger partial charge in [0, 0.05) is 53.9 Å². The van der Waals surface area contributed by atoms with Gasteiger partial charge in [0.05, 0.1) is 23.5 Å². The second-order valence-corrected chi connectivity index (χ2v) is 7.45. The second-order valence-electron chi connectivity index (χ2n) is 7.45. The van der Waals surface area contributed by atoms with Crippen LogP contribution in [0.4, 0.5) is 11.5 Å². The first-order valence-electron chi connectivity index (χ1n) is 10.3. The number of aliphatic hydroxyl groups is 1. The van der Waals surface area contributed by atoms with Crippen LogP contribution < -0.4 is 10.6 Å². The molecule has 0 bridgehead atoms. The number of amides is 1. The number of carbonyl (C=O) groups excluding carboxylic acids is 1. The van der Waals surface area contributed by atoms with Gasteiger partial charge in [-0.3, -0.25) is 19.7 Å². The summed E-state index contributed by atoms with van der Waals surface area (Å²) >= 11 is 0. The van der Waals surface area contributed by atoms with Gasteiger partial charge in [-0.1, -0.05) is 6.92 Å². The van der Waals surface area contributed by atoms with Crippen LogP contribution in [0.5, 0.6) is 0 Å². The number of nitrogens with zero attached hydrogens (tertiary/aromatic N) is 4. The molecule has 8 nitrogen and oxygen atoms in total. The SMILES string of the molecule is CC[C@H](O)c1ccnc(C(=O)Nc2cnc(C)c(-c3cnc4cc(NC)ncc4c3)c2)c1. The van der Waals surface area contributed by atoms with Gasteiger partial charge in [0.1, 0.15) is 11.5 Å². The van der Waals surface area contributed by atoms with Gasteiger partial charge in [-0.2, -0.15) is 0 Å². The van der Waals surface area contributed by atoms with Gasteiger partial charge in [0.25, 0.3) is 5.91 Å². The molecule has 0 aliphatic carbocycles. The maximum absolute atomic E-state index is 12.7. The average molecular weight is 428 g/mol. The number of aromatic nitrogens is 4. The molecule has 32 heavy (non-hydrogen) atoms. The number of nitrogens with one attached hydrogen (secondary N) is 2. The van der Waals surface area contributed by atoms with Gasteiger partial charge in [-0.05, 0) is 43.2 Å². The summed E-state index contributed by atoms with van der Waals surface area (Å²) < 4.78 is 0. The summed E-state index contributed by atoms with van der Waals surface area (Å²) in [4.78, 5) is 30.2. The number of aryl methyl sites for hydroxylation is 1. The fraction of sp³-hybridized carbons (Fsp3) is 0.208. The molecule has 4 heterocycles. The van der Waals surface area contributed by atoms with Crippen LogP contribution in [0.15, 0.2) is 55.1 Å². The molecule has 1 amide bonds. The van der Waals surface area contributed by atoms with E-state index in [4.69, 9.17) is 0 Å². The van der Waals surface area contributed by atoms with Gasteiger partial charge in [0.15, 0.2) is 0 Å². The van der Waals surface area contributed by atoms with E-state index in [0.29, 0.717) is 17.7 Å². The highest BCUT2D eigenvalue weighted by atomic mass is 16.3. The van der Waals surface area contributed by atoms with Crippen molar-refractivity contribution >= 4 is 28.3 Å². The van der Waals surface area contributed by atoms with Crippen molar-refractivity contribution in [2.24, 2.45) is 0 Å². The first kappa shape index (κ1) is 21.3. The molecule has 0 spiro atoms. The largest absolute Gasteiger partial charge is 0.388 e. The topological polar surface area (TPSA) is 113 Å².